The van der Waals surface area contributed by atoms with Crippen LogP contribution in [0.1, 0.15) is 43.7 Å². The predicted octanol–water partition coefficient (Wildman–Crippen LogP) is 6.24. The number of rotatable bonds is 13. The molecule has 7 nitrogen and oxygen atoms in total. The number of nitrogens with one attached hydrogen (secondary N) is 1. The lowest BCUT2D eigenvalue weighted by Gasteiger charge is -2.41. The van der Waals surface area contributed by atoms with Crippen LogP contribution in [0.5, 0.6) is 5.75 Å². The number of alkyl halides is 3. The van der Waals surface area contributed by atoms with E-state index in [4.69, 9.17) is 9.57 Å². The molecular formula is C29H35F3N4O3. The van der Waals surface area contributed by atoms with Crippen LogP contribution in [0, 0.1) is 11.3 Å². The van der Waals surface area contributed by atoms with Crippen molar-refractivity contribution in [3.05, 3.63) is 89.6 Å². The highest BCUT2D eigenvalue weighted by molar-refractivity contribution is 5.29. The lowest BCUT2D eigenvalue weighted by molar-refractivity contribution is -0.274. The molecule has 210 valence electrons. The largest absolute Gasteiger partial charge is 0.573 e. The fourth-order valence-electron chi connectivity index (χ4n) is 5.20. The fourth-order valence-corrected chi connectivity index (χ4v) is 5.20. The van der Waals surface area contributed by atoms with Crippen molar-refractivity contribution in [1.82, 2.24) is 20.2 Å². The summed E-state index contributed by atoms with van der Waals surface area (Å²) >= 11 is 0. The number of hydroxylamine groups is 1. The second-order valence-corrected chi connectivity index (χ2v) is 10.1. The summed E-state index contributed by atoms with van der Waals surface area (Å²) < 4.78 is 49.4. The Bertz CT molecular complexity index is 1180. The van der Waals surface area contributed by atoms with Gasteiger partial charge in [-0.05, 0) is 66.9 Å². The molecule has 2 atom stereocenters. The second-order valence-electron chi connectivity index (χ2n) is 10.1. The number of aryl methyl sites for hydroxylation is 1. The lowest BCUT2D eigenvalue weighted by Crippen LogP contribution is -2.38. The van der Waals surface area contributed by atoms with Gasteiger partial charge < -0.3 is 9.47 Å². The summed E-state index contributed by atoms with van der Waals surface area (Å²) in [6.07, 6.45) is 2.79. The summed E-state index contributed by atoms with van der Waals surface area (Å²) in [5.41, 5.74) is 7.33. The molecule has 2 aromatic carbocycles. The third kappa shape index (κ3) is 8.31. The third-order valence-electron chi connectivity index (χ3n) is 7.31. The third-order valence-corrected chi connectivity index (χ3v) is 7.31. The molecule has 1 aliphatic rings. The van der Waals surface area contributed by atoms with E-state index in [9.17, 15) is 13.2 Å². The van der Waals surface area contributed by atoms with E-state index in [0.29, 0.717) is 19.8 Å². The first-order valence-corrected chi connectivity index (χ1v) is 13.1. The van der Waals surface area contributed by atoms with E-state index >= 15 is 0 Å². The van der Waals surface area contributed by atoms with Gasteiger partial charge in [-0.25, -0.2) is 9.67 Å². The maximum atomic E-state index is 12.5. The van der Waals surface area contributed by atoms with Crippen LogP contribution in [0.2, 0.25) is 0 Å². The number of ether oxygens (including phenoxy) is 2. The molecule has 0 amide bonds. The average molecular weight is 545 g/mol. The zero-order valence-electron chi connectivity index (χ0n) is 22.3. The summed E-state index contributed by atoms with van der Waals surface area (Å²) in [6.45, 7) is 3.97. The first-order chi connectivity index (χ1) is 18.8. The molecule has 1 aliphatic carbocycles. The summed E-state index contributed by atoms with van der Waals surface area (Å²) in [6, 6.07) is 16.2. The molecule has 0 bridgehead atoms. The van der Waals surface area contributed by atoms with E-state index in [1.54, 1.807) is 30.3 Å². The molecule has 0 saturated carbocycles. The molecule has 0 saturated heterocycles. The standard InChI is InChI=1S/C29H35F3N4O3/c1-28(16-17-38-19-23-6-4-3-5-7-23)15-14-24(26(27(28)35-37-2)18-36-21-33-20-34-36)11-8-22-9-12-25(13-10-22)39-29(30,31)32/h3-7,9-10,12-13,20-21,24,35H,8,11,14-19H2,1-2H3/t24-,28+/m1/s1. The molecule has 0 unspecified atom stereocenters. The minimum absolute atomic E-state index is 0.185. The SMILES string of the molecule is CONC1=C(Cn2cncn2)[C@H](CCc2ccc(OC(F)(F)F)cc2)CC[C@@]1(C)CCOCc1ccccc1. The quantitative estimate of drug-likeness (QED) is 0.203. The van der Waals surface area contributed by atoms with Gasteiger partial charge in [0.25, 0.3) is 0 Å². The van der Waals surface area contributed by atoms with E-state index in [2.05, 4.69) is 39.4 Å². The van der Waals surface area contributed by atoms with Crippen LogP contribution in [-0.4, -0.2) is 34.8 Å². The summed E-state index contributed by atoms with van der Waals surface area (Å²) in [5, 5.41) is 4.33. The molecule has 4 rings (SSSR count). The monoisotopic (exact) mass is 544 g/mol. The van der Waals surface area contributed by atoms with E-state index in [1.165, 1.54) is 24.0 Å². The number of hydrogen-bond donors (Lipinski definition) is 1. The highest BCUT2D eigenvalue weighted by Gasteiger charge is 2.38. The number of aromatic nitrogens is 3. The van der Waals surface area contributed by atoms with E-state index in [1.807, 2.05) is 18.2 Å². The Kier molecular flexibility index (Phi) is 9.63. The predicted molar refractivity (Wildman–Crippen MR) is 140 cm³/mol. The van der Waals surface area contributed by atoms with E-state index in [0.717, 1.165) is 48.9 Å². The molecule has 0 fully saturated rings. The van der Waals surface area contributed by atoms with Gasteiger partial charge in [-0.15, -0.1) is 13.2 Å². The van der Waals surface area contributed by atoms with Crippen molar-refractivity contribution in [2.24, 2.45) is 11.3 Å². The van der Waals surface area contributed by atoms with Crippen molar-refractivity contribution < 1.29 is 27.5 Å². The van der Waals surface area contributed by atoms with Crippen molar-refractivity contribution >= 4 is 0 Å². The van der Waals surface area contributed by atoms with Crippen LogP contribution in [0.15, 0.2) is 78.5 Å². The number of halogens is 3. The van der Waals surface area contributed by atoms with Crippen molar-refractivity contribution in [3.63, 3.8) is 0 Å². The molecule has 0 spiro atoms. The van der Waals surface area contributed by atoms with Gasteiger partial charge in [0.2, 0.25) is 0 Å². The Morgan fingerprint density at radius 1 is 1.08 bits per heavy atom. The number of hydrogen-bond acceptors (Lipinski definition) is 6. The van der Waals surface area contributed by atoms with Crippen LogP contribution in [0.3, 0.4) is 0 Å². The normalized spacial score (nSPS) is 19.8. The first-order valence-electron chi connectivity index (χ1n) is 13.1. The van der Waals surface area contributed by atoms with Crippen LogP contribution < -0.4 is 10.2 Å². The molecule has 0 aliphatic heterocycles. The minimum atomic E-state index is -4.70. The highest BCUT2D eigenvalue weighted by atomic mass is 19.4. The molecule has 1 N–H and O–H groups in total. The number of benzene rings is 2. The Balaban J connectivity index is 1.48. The lowest BCUT2D eigenvalue weighted by atomic mass is 9.68. The molecule has 3 aromatic rings. The Morgan fingerprint density at radius 3 is 2.51 bits per heavy atom. The zero-order chi connectivity index (χ0) is 27.7. The number of nitrogens with zero attached hydrogens (tertiary/aromatic N) is 3. The summed E-state index contributed by atoms with van der Waals surface area (Å²) in [4.78, 5) is 9.57. The average Bonchev–Trinajstić information content (AvgIpc) is 3.42. The molecule has 1 aromatic heterocycles. The molecule has 39 heavy (non-hydrogen) atoms. The van der Waals surface area contributed by atoms with Gasteiger partial charge in [0.15, 0.2) is 0 Å². The maximum absolute atomic E-state index is 12.5. The summed E-state index contributed by atoms with van der Waals surface area (Å²) in [7, 11) is 1.61. The first kappa shape index (κ1) is 28.6. The Labute approximate surface area is 226 Å². The molecular weight excluding hydrogens is 509 g/mol. The highest BCUT2D eigenvalue weighted by Crippen LogP contribution is 2.46. The minimum Gasteiger partial charge on any atom is -0.406 e. The van der Waals surface area contributed by atoms with Gasteiger partial charge in [-0.2, -0.15) is 5.10 Å². The molecule has 1 heterocycles. The molecule has 0 radical (unpaired) electrons. The Hall–Kier alpha value is -3.37. The van der Waals surface area contributed by atoms with Gasteiger partial charge in [-0.1, -0.05) is 49.4 Å². The zero-order valence-corrected chi connectivity index (χ0v) is 22.3. The van der Waals surface area contributed by atoms with Crippen molar-refractivity contribution in [3.8, 4) is 5.75 Å². The van der Waals surface area contributed by atoms with Crippen LogP contribution in [0.4, 0.5) is 13.2 Å². The maximum Gasteiger partial charge on any atom is 0.573 e. The van der Waals surface area contributed by atoms with Crippen LogP contribution in [-0.2, 0) is 29.1 Å². The number of allylic oxidation sites excluding steroid dienone is 2. The van der Waals surface area contributed by atoms with E-state index in [-0.39, 0.29) is 17.1 Å². The fraction of sp³-hybridized carbons (Fsp3) is 0.448. The van der Waals surface area contributed by atoms with Crippen molar-refractivity contribution in [2.45, 2.75) is 58.5 Å². The van der Waals surface area contributed by atoms with Gasteiger partial charge in [0.05, 0.1) is 20.3 Å². The topological polar surface area (TPSA) is 70.4 Å². The van der Waals surface area contributed by atoms with Crippen molar-refractivity contribution in [2.75, 3.05) is 13.7 Å². The smallest absolute Gasteiger partial charge is 0.406 e. The second kappa shape index (κ2) is 13.1. The van der Waals surface area contributed by atoms with Gasteiger partial charge in [0, 0.05) is 17.7 Å². The van der Waals surface area contributed by atoms with Gasteiger partial charge >= 0.3 is 6.36 Å². The molecule has 10 heteroatoms. The van der Waals surface area contributed by atoms with Crippen LogP contribution >= 0.6 is 0 Å². The van der Waals surface area contributed by atoms with Crippen LogP contribution in [0.25, 0.3) is 0 Å². The van der Waals surface area contributed by atoms with Crippen molar-refractivity contribution in [1.29, 1.82) is 0 Å². The Morgan fingerprint density at radius 2 is 1.85 bits per heavy atom. The van der Waals surface area contributed by atoms with Gasteiger partial charge in [0.1, 0.15) is 18.4 Å². The van der Waals surface area contributed by atoms with Gasteiger partial charge in [-0.3, -0.25) is 10.3 Å². The van der Waals surface area contributed by atoms with E-state index < -0.39 is 6.36 Å². The summed E-state index contributed by atoms with van der Waals surface area (Å²) in [5.74, 6) is 0.0174.